The normalized spacial score (nSPS) is 10.8. The number of rotatable bonds is 17. The molecule has 2 heteroatoms. The van der Waals surface area contributed by atoms with Crippen LogP contribution in [0.3, 0.4) is 0 Å². The van der Waals surface area contributed by atoms with Crippen molar-refractivity contribution < 1.29 is 4.79 Å². The van der Waals surface area contributed by atoms with Crippen LogP contribution in [0.25, 0.3) is 0 Å². The highest BCUT2D eigenvalue weighted by atomic mass is 16.1. The Morgan fingerprint density at radius 1 is 0.571 bits per heavy atom. The van der Waals surface area contributed by atoms with Crippen LogP contribution in [0.5, 0.6) is 0 Å². The number of unbranched alkanes of at least 4 members (excludes halogenated alkanes) is 12. The molecule has 0 heterocycles. The van der Waals surface area contributed by atoms with Crippen molar-refractivity contribution >= 4 is 6.41 Å². The quantitative estimate of drug-likeness (QED) is 0.240. The third kappa shape index (κ3) is 15.7. The van der Waals surface area contributed by atoms with E-state index in [0.29, 0.717) is 0 Å². The predicted octanol–water partition coefficient (Wildman–Crippen LogP) is 5.95. The Bertz CT molecular complexity index is 188. The molecular formula is C19H39NO. The summed E-state index contributed by atoms with van der Waals surface area (Å²) in [6.07, 6.45) is 19.5. The predicted molar refractivity (Wildman–Crippen MR) is 93.6 cm³/mol. The minimum atomic E-state index is 0.965. The van der Waals surface area contributed by atoms with Gasteiger partial charge in [-0.3, -0.25) is 4.79 Å². The molecule has 1 amide bonds. The van der Waals surface area contributed by atoms with Crippen LogP contribution in [-0.4, -0.2) is 24.4 Å². The Balaban J connectivity index is 3.31. The van der Waals surface area contributed by atoms with Gasteiger partial charge in [0.2, 0.25) is 6.41 Å². The molecule has 0 aliphatic rings. The van der Waals surface area contributed by atoms with Crippen molar-refractivity contribution in [2.24, 2.45) is 0 Å². The summed E-state index contributed by atoms with van der Waals surface area (Å²) in [7, 11) is 0. The molecular weight excluding hydrogens is 258 g/mol. The molecule has 0 atom stereocenters. The van der Waals surface area contributed by atoms with E-state index in [1.54, 1.807) is 0 Å². The second-order valence-electron chi connectivity index (χ2n) is 6.38. The van der Waals surface area contributed by atoms with Crippen LogP contribution in [0.2, 0.25) is 0 Å². The first-order valence-electron chi connectivity index (χ1n) is 9.54. The SMILES string of the molecule is CCCCCCCCCN(C=O)CCCCCCCCC. The molecule has 0 rings (SSSR count). The number of nitrogens with zero attached hydrogens (tertiary/aromatic N) is 1. The summed E-state index contributed by atoms with van der Waals surface area (Å²) in [6, 6.07) is 0. The number of hydrogen-bond donors (Lipinski definition) is 0. The summed E-state index contributed by atoms with van der Waals surface area (Å²) in [5.74, 6) is 0. The highest BCUT2D eigenvalue weighted by molar-refractivity contribution is 5.46. The van der Waals surface area contributed by atoms with Crippen LogP contribution >= 0.6 is 0 Å². The molecule has 0 aromatic rings. The van der Waals surface area contributed by atoms with E-state index in [4.69, 9.17) is 0 Å². The van der Waals surface area contributed by atoms with Crippen LogP contribution in [0.1, 0.15) is 104 Å². The van der Waals surface area contributed by atoms with Gasteiger partial charge in [0.25, 0.3) is 0 Å². The average molecular weight is 298 g/mol. The van der Waals surface area contributed by atoms with Gasteiger partial charge in [0.1, 0.15) is 0 Å². The van der Waals surface area contributed by atoms with Gasteiger partial charge in [-0.25, -0.2) is 0 Å². The van der Waals surface area contributed by atoms with Gasteiger partial charge < -0.3 is 4.90 Å². The van der Waals surface area contributed by atoms with E-state index in [1.807, 2.05) is 4.90 Å². The highest BCUT2D eigenvalue weighted by Gasteiger charge is 2.01. The van der Waals surface area contributed by atoms with E-state index in [9.17, 15) is 4.79 Å². The summed E-state index contributed by atoms with van der Waals surface area (Å²) in [6.45, 7) is 6.44. The number of carbonyl (C=O) groups is 1. The van der Waals surface area contributed by atoms with Crippen molar-refractivity contribution in [3.05, 3.63) is 0 Å². The second kappa shape index (κ2) is 17.5. The van der Waals surface area contributed by atoms with Crippen molar-refractivity contribution in [1.82, 2.24) is 4.90 Å². The molecule has 0 aliphatic carbocycles. The van der Waals surface area contributed by atoms with Crippen molar-refractivity contribution in [3.63, 3.8) is 0 Å². The highest BCUT2D eigenvalue weighted by Crippen LogP contribution is 2.09. The van der Waals surface area contributed by atoms with Gasteiger partial charge in [0.15, 0.2) is 0 Å². The molecule has 0 N–H and O–H groups in total. The summed E-state index contributed by atoms with van der Waals surface area (Å²) < 4.78 is 0. The zero-order valence-corrected chi connectivity index (χ0v) is 14.7. The van der Waals surface area contributed by atoms with Crippen LogP contribution in [0.15, 0.2) is 0 Å². The summed E-state index contributed by atoms with van der Waals surface area (Å²) in [5, 5.41) is 0. The van der Waals surface area contributed by atoms with Gasteiger partial charge in [-0.15, -0.1) is 0 Å². The summed E-state index contributed by atoms with van der Waals surface area (Å²) >= 11 is 0. The molecule has 0 saturated carbocycles. The molecule has 0 aromatic carbocycles. The Morgan fingerprint density at radius 3 is 1.24 bits per heavy atom. The fourth-order valence-corrected chi connectivity index (χ4v) is 2.76. The number of hydrogen-bond acceptors (Lipinski definition) is 1. The van der Waals surface area contributed by atoms with Crippen molar-refractivity contribution in [1.29, 1.82) is 0 Å². The third-order valence-electron chi connectivity index (χ3n) is 4.25. The Kier molecular flexibility index (Phi) is 17.1. The Morgan fingerprint density at radius 2 is 0.905 bits per heavy atom. The number of amides is 1. The van der Waals surface area contributed by atoms with E-state index in [2.05, 4.69) is 13.8 Å². The molecule has 0 aromatic heterocycles. The van der Waals surface area contributed by atoms with Crippen molar-refractivity contribution in [3.8, 4) is 0 Å². The molecule has 0 radical (unpaired) electrons. The second-order valence-corrected chi connectivity index (χ2v) is 6.38. The molecule has 0 unspecified atom stereocenters. The number of carbonyl (C=O) groups excluding carboxylic acids is 1. The van der Waals surface area contributed by atoms with E-state index in [0.717, 1.165) is 19.5 Å². The van der Waals surface area contributed by atoms with Crippen molar-refractivity contribution in [2.75, 3.05) is 13.1 Å². The lowest BCUT2D eigenvalue weighted by molar-refractivity contribution is -0.118. The maximum absolute atomic E-state index is 11.0. The zero-order chi connectivity index (χ0) is 15.6. The van der Waals surface area contributed by atoms with Crippen LogP contribution < -0.4 is 0 Å². The standard InChI is InChI=1S/C19H39NO/c1-3-5-7-9-11-13-15-17-20(19-21)18-16-14-12-10-8-6-4-2/h19H,3-18H2,1-2H3. The lowest BCUT2D eigenvalue weighted by Crippen LogP contribution is -2.24. The van der Waals surface area contributed by atoms with Gasteiger partial charge in [0, 0.05) is 13.1 Å². The first-order chi connectivity index (χ1) is 10.3. The molecule has 0 aliphatic heterocycles. The van der Waals surface area contributed by atoms with Crippen molar-refractivity contribution in [2.45, 2.75) is 104 Å². The fraction of sp³-hybridized carbons (Fsp3) is 0.947. The molecule has 0 saturated heterocycles. The van der Waals surface area contributed by atoms with Crippen LogP contribution in [-0.2, 0) is 4.79 Å². The molecule has 21 heavy (non-hydrogen) atoms. The largest absolute Gasteiger partial charge is 0.345 e. The third-order valence-corrected chi connectivity index (χ3v) is 4.25. The van der Waals surface area contributed by atoms with E-state index in [-0.39, 0.29) is 0 Å². The van der Waals surface area contributed by atoms with Crippen LogP contribution in [0.4, 0.5) is 0 Å². The average Bonchev–Trinajstić information content (AvgIpc) is 2.51. The molecule has 2 nitrogen and oxygen atoms in total. The Hall–Kier alpha value is -0.530. The summed E-state index contributed by atoms with van der Waals surface area (Å²) in [4.78, 5) is 13.0. The monoisotopic (exact) mass is 297 g/mol. The van der Waals surface area contributed by atoms with Gasteiger partial charge in [-0.2, -0.15) is 0 Å². The Labute approximate surface area is 133 Å². The maximum Gasteiger partial charge on any atom is 0.209 e. The maximum atomic E-state index is 11.0. The van der Waals surface area contributed by atoms with Gasteiger partial charge >= 0.3 is 0 Å². The molecule has 126 valence electrons. The van der Waals surface area contributed by atoms with Gasteiger partial charge in [0.05, 0.1) is 0 Å². The van der Waals surface area contributed by atoms with Gasteiger partial charge in [-0.05, 0) is 12.8 Å². The minimum Gasteiger partial charge on any atom is -0.345 e. The molecule has 0 fully saturated rings. The zero-order valence-electron chi connectivity index (χ0n) is 14.7. The molecule has 0 bridgehead atoms. The lowest BCUT2D eigenvalue weighted by Gasteiger charge is -2.17. The fourth-order valence-electron chi connectivity index (χ4n) is 2.76. The topological polar surface area (TPSA) is 20.3 Å². The van der Waals surface area contributed by atoms with E-state index < -0.39 is 0 Å². The lowest BCUT2D eigenvalue weighted by atomic mass is 10.1. The van der Waals surface area contributed by atoms with Gasteiger partial charge in [-0.1, -0.05) is 90.9 Å². The first kappa shape index (κ1) is 20.5. The minimum absolute atomic E-state index is 0.965. The summed E-state index contributed by atoms with van der Waals surface area (Å²) in [5.41, 5.74) is 0. The van der Waals surface area contributed by atoms with E-state index in [1.165, 1.54) is 89.9 Å². The van der Waals surface area contributed by atoms with Crippen LogP contribution in [0, 0.1) is 0 Å². The molecule has 0 spiro atoms. The first-order valence-corrected chi connectivity index (χ1v) is 9.54. The van der Waals surface area contributed by atoms with E-state index >= 15 is 0 Å². The smallest absolute Gasteiger partial charge is 0.209 e.